The van der Waals surface area contributed by atoms with Gasteiger partial charge in [0.05, 0.1) is 18.2 Å². The lowest BCUT2D eigenvalue weighted by molar-refractivity contribution is -0.139. The zero-order valence-corrected chi connectivity index (χ0v) is 15.7. The Morgan fingerprint density at radius 1 is 1.36 bits per heavy atom. The summed E-state index contributed by atoms with van der Waals surface area (Å²) < 4.78 is 5.22. The molecule has 0 saturated heterocycles. The minimum atomic E-state index is -0.429. The maximum Gasteiger partial charge on any atom is 0.338 e. The molecular weight excluding hydrogens is 338 g/mol. The van der Waals surface area contributed by atoms with Crippen molar-refractivity contribution in [3.8, 4) is 0 Å². The number of anilines is 1. The molecule has 1 amide bonds. The van der Waals surface area contributed by atoms with Crippen molar-refractivity contribution in [2.75, 3.05) is 19.0 Å². The highest BCUT2D eigenvalue weighted by Gasteiger charge is 2.33. The van der Waals surface area contributed by atoms with Crippen LogP contribution < -0.4 is 10.6 Å². The van der Waals surface area contributed by atoms with E-state index in [1.54, 1.807) is 25.8 Å². The smallest absolute Gasteiger partial charge is 0.338 e. The van der Waals surface area contributed by atoms with Crippen molar-refractivity contribution in [2.45, 2.75) is 33.2 Å². The van der Waals surface area contributed by atoms with E-state index in [0.717, 1.165) is 11.3 Å². The SMILES string of the molecule is CCOC(=O)C1=C(C)N(C)C(=S)NC1c1cccc(NC(=O)CC)c1. The highest BCUT2D eigenvalue weighted by molar-refractivity contribution is 7.80. The van der Waals surface area contributed by atoms with Gasteiger partial charge in [0.25, 0.3) is 0 Å². The molecule has 0 radical (unpaired) electrons. The minimum Gasteiger partial charge on any atom is -0.463 e. The Morgan fingerprint density at radius 3 is 2.72 bits per heavy atom. The van der Waals surface area contributed by atoms with E-state index in [4.69, 9.17) is 17.0 Å². The predicted octanol–water partition coefficient (Wildman–Crippen LogP) is 2.73. The normalized spacial score (nSPS) is 17.2. The van der Waals surface area contributed by atoms with Crippen molar-refractivity contribution in [1.29, 1.82) is 0 Å². The Bertz CT molecular complexity index is 730. The molecule has 0 saturated carbocycles. The van der Waals surface area contributed by atoms with E-state index < -0.39 is 6.04 Å². The minimum absolute atomic E-state index is 0.0682. The van der Waals surface area contributed by atoms with E-state index in [0.29, 0.717) is 29.4 Å². The number of nitrogens with zero attached hydrogens (tertiary/aromatic N) is 1. The van der Waals surface area contributed by atoms with Gasteiger partial charge in [0.15, 0.2) is 5.11 Å². The average molecular weight is 361 g/mol. The lowest BCUT2D eigenvalue weighted by Crippen LogP contribution is -2.46. The summed E-state index contributed by atoms with van der Waals surface area (Å²) in [6.45, 7) is 5.70. The number of carbonyl (C=O) groups is 2. The summed E-state index contributed by atoms with van der Waals surface area (Å²) >= 11 is 5.37. The van der Waals surface area contributed by atoms with Crippen molar-refractivity contribution in [3.05, 3.63) is 41.1 Å². The van der Waals surface area contributed by atoms with Crippen LogP contribution in [0.15, 0.2) is 35.5 Å². The maximum absolute atomic E-state index is 12.5. The highest BCUT2D eigenvalue weighted by atomic mass is 32.1. The molecule has 0 aromatic heterocycles. The van der Waals surface area contributed by atoms with E-state index in [9.17, 15) is 9.59 Å². The third kappa shape index (κ3) is 4.17. The van der Waals surface area contributed by atoms with Gasteiger partial charge in [-0.25, -0.2) is 4.79 Å². The number of hydrogen-bond donors (Lipinski definition) is 2. The fourth-order valence-corrected chi connectivity index (χ4v) is 2.86. The van der Waals surface area contributed by atoms with Crippen LogP contribution in [-0.4, -0.2) is 35.5 Å². The second-order valence-electron chi connectivity index (χ2n) is 5.69. The van der Waals surface area contributed by atoms with E-state index in [1.807, 2.05) is 31.2 Å². The van der Waals surface area contributed by atoms with Crippen LogP contribution >= 0.6 is 12.2 Å². The number of carbonyl (C=O) groups excluding carboxylic acids is 2. The molecular formula is C18H23N3O3S. The third-order valence-corrected chi connectivity index (χ3v) is 4.47. The number of nitrogens with one attached hydrogen (secondary N) is 2. The molecule has 1 atom stereocenters. The van der Waals surface area contributed by atoms with Crippen LogP contribution in [-0.2, 0) is 14.3 Å². The molecule has 25 heavy (non-hydrogen) atoms. The Morgan fingerprint density at radius 2 is 2.08 bits per heavy atom. The van der Waals surface area contributed by atoms with Gasteiger partial charge in [0.2, 0.25) is 5.91 Å². The summed E-state index contributed by atoms with van der Waals surface area (Å²) in [5.41, 5.74) is 2.76. The first-order valence-corrected chi connectivity index (χ1v) is 8.61. The highest BCUT2D eigenvalue weighted by Crippen LogP contribution is 2.31. The van der Waals surface area contributed by atoms with Crippen LogP contribution in [0.25, 0.3) is 0 Å². The Balaban J connectivity index is 2.44. The fourth-order valence-electron chi connectivity index (χ4n) is 2.60. The van der Waals surface area contributed by atoms with Crippen molar-refractivity contribution in [2.24, 2.45) is 0 Å². The number of rotatable bonds is 5. The number of amides is 1. The molecule has 2 rings (SSSR count). The van der Waals surface area contributed by atoms with E-state index >= 15 is 0 Å². The second-order valence-corrected chi connectivity index (χ2v) is 6.07. The molecule has 0 fully saturated rings. The zero-order chi connectivity index (χ0) is 18.6. The Kier molecular flexibility index (Phi) is 6.14. The van der Waals surface area contributed by atoms with Gasteiger partial charge in [-0.1, -0.05) is 19.1 Å². The summed E-state index contributed by atoms with van der Waals surface area (Å²) in [6.07, 6.45) is 0.397. The molecule has 134 valence electrons. The molecule has 0 bridgehead atoms. The molecule has 1 aromatic carbocycles. The summed E-state index contributed by atoms with van der Waals surface area (Å²) in [5.74, 6) is -0.448. The summed E-state index contributed by atoms with van der Waals surface area (Å²) in [7, 11) is 1.80. The van der Waals surface area contributed by atoms with Crippen molar-refractivity contribution >= 4 is 34.9 Å². The number of thiocarbonyl (C=S) groups is 1. The molecule has 0 aliphatic carbocycles. The first-order chi connectivity index (χ1) is 11.9. The largest absolute Gasteiger partial charge is 0.463 e. The van der Waals surface area contributed by atoms with Crippen molar-refractivity contribution in [3.63, 3.8) is 0 Å². The zero-order valence-electron chi connectivity index (χ0n) is 14.9. The van der Waals surface area contributed by atoms with E-state index in [-0.39, 0.29) is 11.9 Å². The van der Waals surface area contributed by atoms with Crippen molar-refractivity contribution < 1.29 is 14.3 Å². The topological polar surface area (TPSA) is 70.7 Å². The van der Waals surface area contributed by atoms with Gasteiger partial charge in [0.1, 0.15) is 0 Å². The van der Waals surface area contributed by atoms with Gasteiger partial charge in [-0.15, -0.1) is 0 Å². The molecule has 1 aliphatic heterocycles. The summed E-state index contributed by atoms with van der Waals surface area (Å²) in [4.78, 5) is 25.9. The van der Waals surface area contributed by atoms with Crippen LogP contribution in [0.2, 0.25) is 0 Å². The molecule has 2 N–H and O–H groups in total. The quantitative estimate of drug-likeness (QED) is 0.621. The Labute approximate surface area is 153 Å². The first-order valence-electron chi connectivity index (χ1n) is 8.20. The van der Waals surface area contributed by atoms with Gasteiger partial charge in [-0.05, 0) is 43.8 Å². The van der Waals surface area contributed by atoms with Gasteiger partial charge in [-0.3, -0.25) is 4.79 Å². The predicted molar refractivity (Wildman–Crippen MR) is 101 cm³/mol. The van der Waals surface area contributed by atoms with Gasteiger partial charge in [0, 0.05) is 24.9 Å². The van der Waals surface area contributed by atoms with Crippen molar-refractivity contribution in [1.82, 2.24) is 10.2 Å². The molecule has 1 unspecified atom stereocenters. The maximum atomic E-state index is 12.5. The number of allylic oxidation sites excluding steroid dienone is 1. The summed E-state index contributed by atoms with van der Waals surface area (Å²) in [5, 5.41) is 6.54. The standard InChI is InChI=1S/C18H23N3O3S/c1-5-14(22)19-13-9-7-8-12(10-13)16-15(17(23)24-6-2)11(3)21(4)18(25)20-16/h7-10,16H,5-6H2,1-4H3,(H,19,22)(H,20,25). The number of ether oxygens (including phenoxy) is 1. The summed E-state index contributed by atoms with van der Waals surface area (Å²) in [6, 6.07) is 6.94. The van der Waals surface area contributed by atoms with Crippen LogP contribution in [0.3, 0.4) is 0 Å². The molecule has 7 heteroatoms. The number of hydrogen-bond acceptors (Lipinski definition) is 4. The van der Waals surface area contributed by atoms with E-state index in [1.165, 1.54) is 0 Å². The lowest BCUT2D eigenvalue weighted by Gasteiger charge is -2.35. The number of esters is 1. The molecule has 1 heterocycles. The lowest BCUT2D eigenvalue weighted by atomic mass is 9.95. The van der Waals surface area contributed by atoms with Crippen LogP contribution in [0.5, 0.6) is 0 Å². The van der Waals surface area contributed by atoms with Crippen LogP contribution in [0.4, 0.5) is 5.69 Å². The monoisotopic (exact) mass is 361 g/mol. The first kappa shape index (κ1) is 18.9. The third-order valence-electron chi connectivity index (χ3n) is 4.07. The molecule has 6 nitrogen and oxygen atoms in total. The van der Waals surface area contributed by atoms with Gasteiger partial charge >= 0.3 is 5.97 Å². The fraction of sp³-hybridized carbons (Fsp3) is 0.389. The van der Waals surface area contributed by atoms with Crippen LogP contribution in [0, 0.1) is 0 Å². The molecule has 0 spiro atoms. The molecule has 1 aromatic rings. The van der Waals surface area contributed by atoms with Crippen LogP contribution in [0.1, 0.15) is 38.8 Å². The van der Waals surface area contributed by atoms with E-state index in [2.05, 4.69) is 10.6 Å². The molecule has 1 aliphatic rings. The van der Waals surface area contributed by atoms with Gasteiger partial charge < -0.3 is 20.3 Å². The average Bonchev–Trinajstić information content (AvgIpc) is 2.59. The second kappa shape index (κ2) is 8.11. The van der Waals surface area contributed by atoms with Gasteiger partial charge in [-0.2, -0.15) is 0 Å². The number of benzene rings is 1. The Hall–Kier alpha value is -2.41.